The van der Waals surface area contributed by atoms with Crippen molar-refractivity contribution >= 4 is 34.0 Å². The molecule has 182 valence electrons. The molecule has 2 N–H and O–H groups in total. The maximum Gasteiger partial charge on any atom is 0.331 e. The van der Waals surface area contributed by atoms with Gasteiger partial charge < -0.3 is 10.1 Å². The van der Waals surface area contributed by atoms with E-state index in [-0.39, 0.29) is 11.4 Å². The molecule has 0 radical (unpaired) electrons. The van der Waals surface area contributed by atoms with Crippen molar-refractivity contribution in [3.63, 3.8) is 0 Å². The second kappa shape index (κ2) is 12.7. The Morgan fingerprint density at radius 2 is 1.62 bits per heavy atom. The molecule has 0 saturated carbocycles. The summed E-state index contributed by atoms with van der Waals surface area (Å²) in [5, 5.41) is 4.66. The predicted octanol–water partition coefficient (Wildman–Crippen LogP) is 2.69. The number of hydrogen-bond acceptors (Lipinski definition) is 6. The summed E-state index contributed by atoms with van der Waals surface area (Å²) in [5.41, 5.74) is 1.45. The minimum absolute atomic E-state index is 0.159. The van der Waals surface area contributed by atoms with Crippen LogP contribution in [0.3, 0.4) is 0 Å². The third-order valence-electron chi connectivity index (χ3n) is 4.83. The van der Waals surface area contributed by atoms with Crippen LogP contribution in [0.5, 0.6) is 0 Å². The maximum absolute atomic E-state index is 12.5. The van der Waals surface area contributed by atoms with E-state index in [9.17, 15) is 22.8 Å². The average Bonchev–Trinajstić information content (AvgIpc) is 2.83. The lowest BCUT2D eigenvalue weighted by atomic mass is 10.2. The number of imide groups is 1. The molecule has 0 aromatic heterocycles. The van der Waals surface area contributed by atoms with Gasteiger partial charge in [-0.2, -0.15) is 4.31 Å². The minimum Gasteiger partial charge on any atom is -0.449 e. The summed E-state index contributed by atoms with van der Waals surface area (Å²) < 4.78 is 31.4. The first-order valence-corrected chi connectivity index (χ1v) is 12.2. The number of carbonyl (C=O) groups excluding carboxylic acids is 3. The van der Waals surface area contributed by atoms with Crippen LogP contribution in [-0.2, 0) is 30.9 Å². The van der Waals surface area contributed by atoms with E-state index in [0.717, 1.165) is 11.6 Å². The van der Waals surface area contributed by atoms with Gasteiger partial charge in [0.25, 0.3) is 5.91 Å². The summed E-state index contributed by atoms with van der Waals surface area (Å²) in [7, 11) is -3.56. The molecule has 0 saturated heterocycles. The fourth-order valence-corrected chi connectivity index (χ4v) is 4.39. The Morgan fingerprint density at radius 3 is 2.21 bits per heavy atom. The number of esters is 1. The lowest BCUT2D eigenvalue weighted by molar-refractivity contribution is -0.149. The van der Waals surface area contributed by atoms with E-state index in [2.05, 4.69) is 10.6 Å². The fraction of sp³-hybridized carbons (Fsp3) is 0.292. The highest BCUT2D eigenvalue weighted by atomic mass is 32.2. The van der Waals surface area contributed by atoms with Gasteiger partial charge in [-0.15, -0.1) is 0 Å². The standard InChI is InChI=1S/C24H29N3O6S/c1-4-27(5-2)34(31,32)21-14-11-19(12-15-21)13-16-22(28)33-18(3)23(29)26-24(30)25-17-20-9-7-6-8-10-20/h6-16,18H,4-5,17H2,1-3H3,(H2,25,26,29,30)/b16-13+. The van der Waals surface area contributed by atoms with Crippen LogP contribution in [0.4, 0.5) is 4.79 Å². The first kappa shape index (κ1) is 26.7. The van der Waals surface area contributed by atoms with Gasteiger partial charge in [-0.3, -0.25) is 10.1 Å². The van der Waals surface area contributed by atoms with Crippen molar-refractivity contribution in [2.24, 2.45) is 0 Å². The Hall–Kier alpha value is -3.50. The van der Waals surface area contributed by atoms with Gasteiger partial charge in [-0.1, -0.05) is 56.3 Å². The zero-order valence-electron chi connectivity index (χ0n) is 19.4. The number of amides is 3. The second-order valence-electron chi connectivity index (χ2n) is 7.23. The van der Waals surface area contributed by atoms with Crippen LogP contribution in [0.2, 0.25) is 0 Å². The highest BCUT2D eigenvalue weighted by Crippen LogP contribution is 2.16. The Bertz CT molecular complexity index is 1110. The molecule has 2 aromatic carbocycles. The predicted molar refractivity (Wildman–Crippen MR) is 128 cm³/mol. The van der Waals surface area contributed by atoms with Gasteiger partial charge in [-0.05, 0) is 36.3 Å². The van der Waals surface area contributed by atoms with Crippen LogP contribution >= 0.6 is 0 Å². The largest absolute Gasteiger partial charge is 0.449 e. The summed E-state index contributed by atoms with van der Waals surface area (Å²) in [5.74, 6) is -1.55. The zero-order valence-corrected chi connectivity index (χ0v) is 20.2. The zero-order chi connectivity index (χ0) is 25.1. The van der Waals surface area contributed by atoms with Gasteiger partial charge in [0.2, 0.25) is 10.0 Å². The first-order valence-electron chi connectivity index (χ1n) is 10.8. The molecule has 2 aromatic rings. The lowest BCUT2D eigenvalue weighted by Crippen LogP contribution is -2.44. The molecule has 10 heteroatoms. The van der Waals surface area contributed by atoms with E-state index in [0.29, 0.717) is 18.7 Å². The average molecular weight is 488 g/mol. The second-order valence-corrected chi connectivity index (χ2v) is 9.17. The Kier molecular flexibility index (Phi) is 9.96. The summed E-state index contributed by atoms with van der Waals surface area (Å²) in [6.45, 7) is 5.86. The van der Waals surface area contributed by atoms with E-state index in [1.807, 2.05) is 30.3 Å². The van der Waals surface area contributed by atoms with Crippen molar-refractivity contribution in [1.82, 2.24) is 14.9 Å². The number of sulfonamides is 1. The quantitative estimate of drug-likeness (QED) is 0.393. The highest BCUT2D eigenvalue weighted by Gasteiger charge is 2.21. The summed E-state index contributed by atoms with van der Waals surface area (Å²) in [6, 6.07) is 14.5. The molecule has 0 aliphatic rings. The van der Waals surface area contributed by atoms with E-state index in [4.69, 9.17) is 4.74 Å². The molecule has 0 heterocycles. The van der Waals surface area contributed by atoms with Crippen LogP contribution in [0.1, 0.15) is 31.9 Å². The first-order chi connectivity index (χ1) is 16.2. The molecule has 34 heavy (non-hydrogen) atoms. The molecule has 2 rings (SSSR count). The van der Waals surface area contributed by atoms with Gasteiger partial charge in [0.15, 0.2) is 6.10 Å². The molecule has 9 nitrogen and oxygen atoms in total. The minimum atomic E-state index is -3.56. The van der Waals surface area contributed by atoms with Crippen molar-refractivity contribution in [1.29, 1.82) is 0 Å². The van der Waals surface area contributed by atoms with Gasteiger partial charge in [-0.25, -0.2) is 18.0 Å². The third kappa shape index (κ3) is 7.82. The number of ether oxygens (including phenoxy) is 1. The summed E-state index contributed by atoms with van der Waals surface area (Å²) in [4.78, 5) is 36.1. The van der Waals surface area contributed by atoms with Gasteiger partial charge >= 0.3 is 12.0 Å². The van der Waals surface area contributed by atoms with Crippen molar-refractivity contribution in [3.8, 4) is 0 Å². The van der Waals surface area contributed by atoms with Crippen molar-refractivity contribution < 1.29 is 27.5 Å². The molecule has 0 aliphatic carbocycles. The van der Waals surface area contributed by atoms with E-state index in [1.54, 1.807) is 26.0 Å². The number of hydrogen-bond donors (Lipinski definition) is 2. The fourth-order valence-electron chi connectivity index (χ4n) is 2.93. The van der Waals surface area contributed by atoms with Crippen molar-refractivity contribution in [3.05, 3.63) is 71.8 Å². The maximum atomic E-state index is 12.5. The lowest BCUT2D eigenvalue weighted by Gasteiger charge is -2.18. The van der Waals surface area contributed by atoms with Gasteiger partial charge in [0.1, 0.15) is 0 Å². The van der Waals surface area contributed by atoms with Crippen LogP contribution < -0.4 is 10.6 Å². The molecule has 1 atom stereocenters. The molecule has 0 fully saturated rings. The molecule has 3 amide bonds. The van der Waals surface area contributed by atoms with Crippen molar-refractivity contribution in [2.45, 2.75) is 38.3 Å². The number of benzene rings is 2. The topological polar surface area (TPSA) is 122 Å². The summed E-state index contributed by atoms with van der Waals surface area (Å²) >= 11 is 0. The van der Waals surface area contributed by atoms with E-state index < -0.39 is 34.0 Å². The smallest absolute Gasteiger partial charge is 0.331 e. The van der Waals surface area contributed by atoms with Crippen LogP contribution in [-0.4, -0.2) is 49.8 Å². The van der Waals surface area contributed by atoms with Crippen LogP contribution in [0.25, 0.3) is 6.08 Å². The third-order valence-corrected chi connectivity index (χ3v) is 6.89. The van der Waals surface area contributed by atoms with Crippen molar-refractivity contribution in [2.75, 3.05) is 13.1 Å². The number of nitrogens with one attached hydrogen (secondary N) is 2. The Balaban J connectivity index is 1.85. The number of nitrogens with zero attached hydrogens (tertiary/aromatic N) is 1. The van der Waals surface area contributed by atoms with E-state index in [1.165, 1.54) is 29.4 Å². The molecular formula is C24H29N3O6S. The summed E-state index contributed by atoms with van der Waals surface area (Å²) in [6.07, 6.45) is 1.36. The number of urea groups is 1. The Morgan fingerprint density at radius 1 is 1.00 bits per heavy atom. The van der Waals surface area contributed by atoms with Crippen LogP contribution in [0.15, 0.2) is 65.6 Å². The number of rotatable bonds is 10. The van der Waals surface area contributed by atoms with Gasteiger partial charge in [0, 0.05) is 25.7 Å². The molecule has 0 aliphatic heterocycles. The monoisotopic (exact) mass is 487 g/mol. The molecule has 0 spiro atoms. The number of carbonyl (C=O) groups is 3. The molecular weight excluding hydrogens is 458 g/mol. The Labute approximate surface area is 199 Å². The normalized spacial score (nSPS) is 12.4. The van der Waals surface area contributed by atoms with Crippen LogP contribution in [0, 0.1) is 0 Å². The molecule has 1 unspecified atom stereocenters. The SMILES string of the molecule is CCN(CC)S(=O)(=O)c1ccc(/C=C/C(=O)OC(C)C(=O)NC(=O)NCc2ccccc2)cc1. The highest BCUT2D eigenvalue weighted by molar-refractivity contribution is 7.89. The molecule has 0 bridgehead atoms. The van der Waals surface area contributed by atoms with E-state index >= 15 is 0 Å². The van der Waals surface area contributed by atoms with Gasteiger partial charge in [0.05, 0.1) is 4.90 Å².